The van der Waals surface area contributed by atoms with E-state index in [1.165, 1.54) is 6.07 Å². The van der Waals surface area contributed by atoms with Crippen molar-refractivity contribution < 1.29 is 9.90 Å². The van der Waals surface area contributed by atoms with E-state index in [1.807, 2.05) is 36.4 Å². The van der Waals surface area contributed by atoms with Crippen molar-refractivity contribution in [3.63, 3.8) is 0 Å². The molecule has 1 aromatic carbocycles. The summed E-state index contributed by atoms with van der Waals surface area (Å²) >= 11 is 0. The zero-order valence-electron chi connectivity index (χ0n) is 15.4. The van der Waals surface area contributed by atoms with Gasteiger partial charge in [-0.25, -0.2) is 4.98 Å². The summed E-state index contributed by atoms with van der Waals surface area (Å²) < 4.78 is 0. The third-order valence-corrected chi connectivity index (χ3v) is 4.52. The topological polar surface area (TPSA) is 108 Å². The highest BCUT2D eigenvalue weighted by molar-refractivity contribution is 6.07. The van der Waals surface area contributed by atoms with E-state index in [-0.39, 0.29) is 18.0 Å². The van der Waals surface area contributed by atoms with Crippen LogP contribution in [-0.4, -0.2) is 32.5 Å². The number of hydrogen-bond donors (Lipinski definition) is 3. The van der Waals surface area contributed by atoms with Crippen molar-refractivity contribution >= 4 is 16.8 Å². The van der Waals surface area contributed by atoms with Crippen LogP contribution in [0, 0.1) is 0 Å². The maximum absolute atomic E-state index is 12.9. The Hall–Kier alpha value is -3.84. The fraction of sp³-hybridized carbons (Fsp3) is 0.0909. The number of pyridine rings is 3. The van der Waals surface area contributed by atoms with Crippen molar-refractivity contribution in [2.75, 3.05) is 6.54 Å². The highest BCUT2D eigenvalue weighted by Gasteiger charge is 2.16. The van der Waals surface area contributed by atoms with Gasteiger partial charge < -0.3 is 15.4 Å². The van der Waals surface area contributed by atoms with Crippen LogP contribution in [0.25, 0.3) is 22.2 Å². The van der Waals surface area contributed by atoms with Crippen LogP contribution in [0.15, 0.2) is 77.9 Å². The number of fused-ring (bicyclic) bond motifs is 1. The van der Waals surface area contributed by atoms with Crippen molar-refractivity contribution in [2.45, 2.75) is 6.10 Å². The van der Waals surface area contributed by atoms with E-state index in [9.17, 15) is 14.7 Å². The number of nitrogens with one attached hydrogen (secondary N) is 2. The molecular weight excluding hydrogens is 368 g/mol. The second-order valence-electron chi connectivity index (χ2n) is 6.51. The molecule has 0 saturated carbocycles. The average Bonchev–Trinajstić information content (AvgIpc) is 2.77. The largest absolute Gasteiger partial charge is 0.385 e. The number of aromatic amines is 1. The Morgan fingerprint density at radius 3 is 2.76 bits per heavy atom. The lowest BCUT2D eigenvalue weighted by molar-refractivity contribution is 0.0915. The van der Waals surface area contributed by atoms with Gasteiger partial charge in [0.15, 0.2) is 0 Å². The molecule has 7 nitrogen and oxygen atoms in total. The maximum Gasteiger partial charge on any atom is 0.252 e. The Morgan fingerprint density at radius 1 is 1.10 bits per heavy atom. The molecule has 0 spiro atoms. The minimum Gasteiger partial charge on any atom is -0.385 e. The van der Waals surface area contributed by atoms with Gasteiger partial charge in [-0.3, -0.25) is 14.6 Å². The van der Waals surface area contributed by atoms with E-state index < -0.39 is 6.10 Å². The number of benzene rings is 1. The second kappa shape index (κ2) is 8.04. The van der Waals surface area contributed by atoms with Crippen molar-refractivity contribution in [3.8, 4) is 11.3 Å². The molecule has 3 N–H and O–H groups in total. The summed E-state index contributed by atoms with van der Waals surface area (Å²) in [5, 5.41) is 13.7. The molecule has 0 aliphatic heterocycles. The number of rotatable bonds is 5. The van der Waals surface area contributed by atoms with Gasteiger partial charge in [-0.15, -0.1) is 0 Å². The van der Waals surface area contributed by atoms with Crippen LogP contribution in [0.4, 0.5) is 0 Å². The molecule has 3 aromatic heterocycles. The minimum absolute atomic E-state index is 0.0440. The van der Waals surface area contributed by atoms with E-state index in [0.717, 1.165) is 5.56 Å². The highest BCUT2D eigenvalue weighted by atomic mass is 16.3. The molecular formula is C22H18N4O3. The van der Waals surface area contributed by atoms with Crippen LogP contribution in [0.5, 0.6) is 0 Å². The number of amides is 1. The fourth-order valence-corrected chi connectivity index (χ4v) is 3.08. The molecule has 0 bridgehead atoms. The van der Waals surface area contributed by atoms with Crippen molar-refractivity contribution in [2.24, 2.45) is 0 Å². The van der Waals surface area contributed by atoms with Crippen LogP contribution in [0.3, 0.4) is 0 Å². The van der Waals surface area contributed by atoms with Crippen LogP contribution in [0.2, 0.25) is 0 Å². The molecule has 3 heterocycles. The molecule has 4 rings (SSSR count). The quantitative estimate of drug-likeness (QED) is 0.488. The van der Waals surface area contributed by atoms with Gasteiger partial charge in [0.05, 0.1) is 16.8 Å². The van der Waals surface area contributed by atoms with Crippen LogP contribution >= 0.6 is 0 Å². The Morgan fingerprint density at radius 2 is 1.97 bits per heavy atom. The van der Waals surface area contributed by atoms with Gasteiger partial charge in [0, 0.05) is 41.6 Å². The first-order chi connectivity index (χ1) is 14.1. The first kappa shape index (κ1) is 18.5. The molecule has 29 heavy (non-hydrogen) atoms. The van der Waals surface area contributed by atoms with E-state index in [4.69, 9.17) is 0 Å². The number of aliphatic hydroxyl groups excluding tert-OH is 1. The summed E-state index contributed by atoms with van der Waals surface area (Å²) in [5.74, 6) is -0.342. The van der Waals surface area contributed by atoms with Gasteiger partial charge in [0.1, 0.15) is 6.10 Å². The van der Waals surface area contributed by atoms with E-state index in [2.05, 4.69) is 20.3 Å². The highest BCUT2D eigenvalue weighted by Crippen LogP contribution is 2.24. The molecule has 1 unspecified atom stereocenters. The minimum atomic E-state index is -1.03. The first-order valence-corrected chi connectivity index (χ1v) is 9.07. The third kappa shape index (κ3) is 4.04. The van der Waals surface area contributed by atoms with E-state index in [1.54, 1.807) is 30.6 Å². The van der Waals surface area contributed by atoms with Gasteiger partial charge >= 0.3 is 0 Å². The number of aromatic nitrogens is 3. The molecule has 1 amide bonds. The average molecular weight is 386 g/mol. The zero-order valence-corrected chi connectivity index (χ0v) is 15.4. The van der Waals surface area contributed by atoms with Crippen LogP contribution in [-0.2, 0) is 0 Å². The molecule has 0 aliphatic rings. The predicted molar refractivity (Wildman–Crippen MR) is 109 cm³/mol. The number of aliphatic hydroxyl groups is 1. The summed E-state index contributed by atoms with van der Waals surface area (Å²) in [6.07, 6.45) is 2.33. The Kier molecular flexibility index (Phi) is 5.13. The molecule has 7 heteroatoms. The summed E-state index contributed by atoms with van der Waals surface area (Å²) in [6, 6.07) is 17.3. The van der Waals surface area contributed by atoms with Crippen LogP contribution < -0.4 is 10.9 Å². The molecule has 0 radical (unpaired) electrons. The SMILES string of the molecule is O=C(NCC(O)c1cccc(=O)[nH]1)c1cc(-c2cccnc2)nc2ccccc12. The number of nitrogens with zero attached hydrogens (tertiary/aromatic N) is 2. The number of hydrogen-bond acceptors (Lipinski definition) is 5. The third-order valence-electron chi connectivity index (χ3n) is 4.52. The molecule has 1 atom stereocenters. The van der Waals surface area contributed by atoms with E-state index in [0.29, 0.717) is 27.9 Å². The maximum atomic E-state index is 12.9. The predicted octanol–water partition coefficient (Wildman–Crippen LogP) is 2.45. The van der Waals surface area contributed by atoms with Gasteiger partial charge in [0.25, 0.3) is 5.91 Å². The number of carbonyl (C=O) groups is 1. The lowest BCUT2D eigenvalue weighted by atomic mass is 10.0. The summed E-state index contributed by atoms with van der Waals surface area (Å²) in [5.41, 5.74) is 2.60. The van der Waals surface area contributed by atoms with Gasteiger partial charge in [0.2, 0.25) is 5.56 Å². The number of para-hydroxylation sites is 1. The summed E-state index contributed by atoms with van der Waals surface area (Å²) in [6.45, 7) is -0.0440. The lowest BCUT2D eigenvalue weighted by Crippen LogP contribution is -2.29. The fourth-order valence-electron chi connectivity index (χ4n) is 3.08. The smallest absolute Gasteiger partial charge is 0.252 e. The number of carbonyl (C=O) groups excluding carboxylic acids is 1. The summed E-state index contributed by atoms with van der Waals surface area (Å²) in [7, 11) is 0. The molecule has 144 valence electrons. The Balaban J connectivity index is 1.63. The molecule has 0 saturated heterocycles. The van der Waals surface area contributed by atoms with Gasteiger partial charge in [-0.05, 0) is 30.3 Å². The van der Waals surface area contributed by atoms with E-state index >= 15 is 0 Å². The molecule has 4 aromatic rings. The lowest BCUT2D eigenvalue weighted by Gasteiger charge is -2.14. The summed E-state index contributed by atoms with van der Waals surface area (Å²) in [4.78, 5) is 35.6. The Labute approximate surface area is 166 Å². The van der Waals surface area contributed by atoms with Crippen molar-refractivity contribution in [3.05, 3.63) is 94.7 Å². The zero-order chi connectivity index (χ0) is 20.2. The molecule has 0 aliphatic carbocycles. The van der Waals surface area contributed by atoms with Crippen molar-refractivity contribution in [1.82, 2.24) is 20.3 Å². The second-order valence-corrected chi connectivity index (χ2v) is 6.51. The standard InChI is InChI=1S/C22H18N4O3/c27-20(18-8-3-9-21(28)26-18)13-24-22(29)16-11-19(14-5-4-10-23-12-14)25-17-7-2-1-6-15(16)17/h1-12,20,27H,13H2,(H,24,29)(H,26,28). The van der Waals surface area contributed by atoms with Crippen molar-refractivity contribution in [1.29, 1.82) is 0 Å². The first-order valence-electron chi connectivity index (χ1n) is 9.07. The van der Waals surface area contributed by atoms with Gasteiger partial charge in [-0.2, -0.15) is 0 Å². The number of H-pyrrole nitrogens is 1. The van der Waals surface area contributed by atoms with Gasteiger partial charge in [-0.1, -0.05) is 24.3 Å². The van der Waals surface area contributed by atoms with Crippen LogP contribution in [0.1, 0.15) is 22.2 Å². The molecule has 0 fully saturated rings. The monoisotopic (exact) mass is 386 g/mol. The normalized spacial score (nSPS) is 11.9. The Bertz CT molecular complexity index is 1220.